The van der Waals surface area contributed by atoms with Gasteiger partial charge in [-0.1, -0.05) is 32.1 Å². The number of benzene rings is 1. The zero-order valence-electron chi connectivity index (χ0n) is 20.7. The first-order valence-corrected chi connectivity index (χ1v) is 13.7. The number of amides is 2. The van der Waals surface area contributed by atoms with Gasteiger partial charge in [-0.2, -0.15) is 0 Å². The average Bonchev–Trinajstić information content (AvgIpc) is 3.29. The number of hydrogen-bond donors (Lipinski definition) is 3. The van der Waals surface area contributed by atoms with Crippen molar-refractivity contribution in [1.82, 2.24) is 14.9 Å². The van der Waals surface area contributed by atoms with E-state index in [0.29, 0.717) is 24.3 Å². The summed E-state index contributed by atoms with van der Waals surface area (Å²) in [6.45, 7) is 7.30. The SMILES string of the molecule is CC(C)(C)c1cc(C(=O)N2CCCC(Nc3ncc(SCc4ccncc4)s3)C2)ccc1NC(=O)O. The highest BCUT2D eigenvalue weighted by molar-refractivity contribution is 8.00. The number of aromatic nitrogens is 2. The number of thiazole rings is 1. The molecule has 0 saturated carbocycles. The first-order chi connectivity index (χ1) is 17.2. The lowest BCUT2D eigenvalue weighted by atomic mass is 9.84. The first kappa shape index (κ1) is 26.0. The molecule has 3 aromatic rings. The van der Waals surface area contributed by atoms with E-state index in [1.54, 1.807) is 47.6 Å². The van der Waals surface area contributed by atoms with Gasteiger partial charge in [0.05, 0.1) is 10.4 Å². The van der Waals surface area contributed by atoms with E-state index in [-0.39, 0.29) is 17.4 Å². The topological polar surface area (TPSA) is 107 Å². The van der Waals surface area contributed by atoms with E-state index in [1.807, 2.05) is 50.1 Å². The summed E-state index contributed by atoms with van der Waals surface area (Å²) in [5, 5.41) is 16.0. The van der Waals surface area contributed by atoms with Crippen LogP contribution in [0, 0.1) is 0 Å². The molecular formula is C26H31N5O3S2. The number of anilines is 2. The number of thioether (sulfide) groups is 1. The molecule has 3 heterocycles. The summed E-state index contributed by atoms with van der Waals surface area (Å²) in [4.78, 5) is 35.0. The number of likely N-dealkylation sites (tertiary alicyclic amines) is 1. The Hall–Kier alpha value is -3.11. The van der Waals surface area contributed by atoms with Crippen molar-refractivity contribution in [1.29, 1.82) is 0 Å². The lowest BCUT2D eigenvalue weighted by molar-refractivity contribution is 0.0714. The van der Waals surface area contributed by atoms with Crippen LogP contribution in [0.5, 0.6) is 0 Å². The second-order valence-electron chi connectivity index (χ2n) is 9.80. The second kappa shape index (κ2) is 11.3. The van der Waals surface area contributed by atoms with Crippen LogP contribution < -0.4 is 10.6 Å². The highest BCUT2D eigenvalue weighted by atomic mass is 32.2. The van der Waals surface area contributed by atoms with Crippen LogP contribution in [0.25, 0.3) is 0 Å². The number of nitrogens with zero attached hydrogens (tertiary/aromatic N) is 3. The Morgan fingerprint density at radius 2 is 2.00 bits per heavy atom. The van der Waals surface area contributed by atoms with Crippen LogP contribution >= 0.6 is 23.1 Å². The summed E-state index contributed by atoms with van der Waals surface area (Å²) in [5.74, 6) is 0.828. The Balaban J connectivity index is 1.39. The van der Waals surface area contributed by atoms with Crippen molar-refractivity contribution in [3.63, 3.8) is 0 Å². The van der Waals surface area contributed by atoms with Crippen molar-refractivity contribution in [2.75, 3.05) is 23.7 Å². The molecule has 190 valence electrons. The number of hydrogen-bond acceptors (Lipinski definition) is 7. The second-order valence-corrected chi connectivity index (χ2v) is 12.1. The molecule has 3 N–H and O–H groups in total. The van der Waals surface area contributed by atoms with Gasteiger partial charge in [-0.3, -0.25) is 15.1 Å². The van der Waals surface area contributed by atoms with Crippen molar-refractivity contribution in [2.24, 2.45) is 0 Å². The van der Waals surface area contributed by atoms with Gasteiger partial charge in [0.25, 0.3) is 5.91 Å². The zero-order chi connectivity index (χ0) is 25.7. The number of pyridine rings is 1. The summed E-state index contributed by atoms with van der Waals surface area (Å²) in [6.07, 6.45) is 6.26. The van der Waals surface area contributed by atoms with Gasteiger partial charge >= 0.3 is 6.09 Å². The van der Waals surface area contributed by atoms with Crippen molar-refractivity contribution >= 4 is 45.9 Å². The summed E-state index contributed by atoms with van der Waals surface area (Å²) < 4.78 is 1.14. The summed E-state index contributed by atoms with van der Waals surface area (Å²) >= 11 is 3.38. The van der Waals surface area contributed by atoms with Gasteiger partial charge in [0.1, 0.15) is 0 Å². The number of carboxylic acid groups (broad SMARTS) is 1. The van der Waals surface area contributed by atoms with Gasteiger partial charge in [-0.05, 0) is 59.7 Å². The highest BCUT2D eigenvalue weighted by Gasteiger charge is 2.27. The minimum absolute atomic E-state index is 0.0402. The first-order valence-electron chi connectivity index (χ1n) is 11.9. The number of carbonyl (C=O) groups is 2. The summed E-state index contributed by atoms with van der Waals surface area (Å²) in [5.41, 5.74) is 2.77. The standard InChI is InChI=1S/C26H31N5O3S2/c1-26(2,3)20-13-18(6-7-21(20)30-25(33)34)23(32)31-12-4-5-19(15-31)29-24-28-14-22(36-24)35-16-17-8-10-27-11-9-17/h6-11,13-14,19,30H,4-5,12,15-16H2,1-3H3,(H,28,29)(H,33,34). The third-order valence-electron chi connectivity index (χ3n) is 5.97. The Kier molecular flexibility index (Phi) is 8.15. The fourth-order valence-electron chi connectivity index (χ4n) is 4.18. The predicted octanol–water partition coefficient (Wildman–Crippen LogP) is 5.93. The Morgan fingerprint density at radius 3 is 2.72 bits per heavy atom. The van der Waals surface area contributed by atoms with E-state index in [2.05, 4.69) is 20.6 Å². The molecule has 0 radical (unpaired) electrons. The van der Waals surface area contributed by atoms with Crippen molar-refractivity contribution in [3.05, 3.63) is 65.6 Å². The van der Waals surface area contributed by atoms with E-state index in [4.69, 9.17) is 0 Å². The largest absolute Gasteiger partial charge is 0.465 e. The van der Waals surface area contributed by atoms with Crippen LogP contribution in [0.3, 0.4) is 0 Å². The quantitative estimate of drug-likeness (QED) is 0.328. The smallest absolute Gasteiger partial charge is 0.409 e. The molecule has 8 nitrogen and oxygen atoms in total. The molecule has 4 rings (SSSR count). The molecule has 36 heavy (non-hydrogen) atoms. The Bertz CT molecular complexity index is 1210. The van der Waals surface area contributed by atoms with Gasteiger partial charge < -0.3 is 15.3 Å². The lowest BCUT2D eigenvalue weighted by Crippen LogP contribution is -2.45. The monoisotopic (exact) mass is 525 g/mol. The third-order valence-corrected chi connectivity index (χ3v) is 8.16. The van der Waals surface area contributed by atoms with Crippen LogP contribution in [0.2, 0.25) is 0 Å². The molecule has 1 aliphatic heterocycles. The fraction of sp³-hybridized carbons (Fsp3) is 0.385. The van der Waals surface area contributed by atoms with E-state index in [9.17, 15) is 14.7 Å². The normalized spacial score (nSPS) is 16.0. The molecule has 2 aromatic heterocycles. The summed E-state index contributed by atoms with van der Waals surface area (Å²) in [6, 6.07) is 9.36. The Morgan fingerprint density at radius 1 is 1.22 bits per heavy atom. The van der Waals surface area contributed by atoms with E-state index >= 15 is 0 Å². The molecule has 1 aromatic carbocycles. The molecule has 0 spiro atoms. The molecule has 1 fully saturated rings. The van der Waals surface area contributed by atoms with Gasteiger partial charge in [0, 0.05) is 48.5 Å². The van der Waals surface area contributed by atoms with Gasteiger partial charge in [0.15, 0.2) is 5.13 Å². The van der Waals surface area contributed by atoms with Gasteiger partial charge in [-0.15, -0.1) is 11.8 Å². The van der Waals surface area contributed by atoms with E-state index in [0.717, 1.165) is 33.5 Å². The predicted molar refractivity (Wildman–Crippen MR) is 145 cm³/mol. The lowest BCUT2D eigenvalue weighted by Gasteiger charge is -2.33. The number of rotatable bonds is 7. The summed E-state index contributed by atoms with van der Waals surface area (Å²) in [7, 11) is 0. The molecule has 1 aliphatic rings. The van der Waals surface area contributed by atoms with Crippen molar-refractivity contribution in [3.8, 4) is 0 Å². The molecule has 2 amide bonds. The molecule has 1 atom stereocenters. The highest BCUT2D eigenvalue weighted by Crippen LogP contribution is 2.33. The third kappa shape index (κ3) is 6.76. The van der Waals surface area contributed by atoms with E-state index in [1.165, 1.54) is 5.56 Å². The van der Waals surface area contributed by atoms with Crippen molar-refractivity contribution in [2.45, 2.75) is 55.0 Å². The van der Waals surface area contributed by atoms with Crippen LogP contribution in [0.4, 0.5) is 15.6 Å². The van der Waals surface area contributed by atoms with Crippen molar-refractivity contribution < 1.29 is 14.7 Å². The van der Waals surface area contributed by atoms with Crippen LogP contribution in [0.1, 0.15) is 55.1 Å². The number of nitrogens with one attached hydrogen (secondary N) is 2. The number of piperidine rings is 1. The van der Waals surface area contributed by atoms with Crippen LogP contribution in [-0.2, 0) is 11.2 Å². The molecular weight excluding hydrogens is 494 g/mol. The maximum atomic E-state index is 13.4. The maximum Gasteiger partial charge on any atom is 0.409 e. The van der Waals surface area contributed by atoms with Crippen LogP contribution in [0.15, 0.2) is 53.1 Å². The molecule has 0 bridgehead atoms. The average molecular weight is 526 g/mol. The van der Waals surface area contributed by atoms with Gasteiger partial charge in [0.2, 0.25) is 0 Å². The van der Waals surface area contributed by atoms with Crippen LogP contribution in [-0.4, -0.2) is 51.1 Å². The molecule has 1 unspecified atom stereocenters. The Labute approximate surface area is 219 Å². The molecule has 10 heteroatoms. The maximum absolute atomic E-state index is 13.4. The van der Waals surface area contributed by atoms with E-state index < -0.39 is 6.09 Å². The molecule has 0 aliphatic carbocycles. The zero-order valence-corrected chi connectivity index (χ0v) is 22.3. The van der Waals surface area contributed by atoms with Gasteiger partial charge in [-0.25, -0.2) is 9.78 Å². The minimum atomic E-state index is -1.12. The minimum Gasteiger partial charge on any atom is -0.465 e. The number of carbonyl (C=O) groups excluding carboxylic acids is 1. The molecule has 1 saturated heterocycles. The fourth-order valence-corrected chi connectivity index (χ4v) is 6.09.